The van der Waals surface area contributed by atoms with Gasteiger partial charge in [-0.15, -0.1) is 10.2 Å². The Labute approximate surface area is 138 Å². The van der Waals surface area contributed by atoms with Crippen LogP contribution in [-0.4, -0.2) is 25.9 Å². The molecular weight excluding hydrogens is 320 g/mol. The third-order valence-corrected chi connectivity index (χ3v) is 4.92. The maximum absolute atomic E-state index is 12.3. The van der Waals surface area contributed by atoms with Crippen LogP contribution in [0.4, 0.5) is 5.69 Å². The predicted octanol–water partition coefficient (Wildman–Crippen LogP) is 3.47. The number of benzene rings is 1. The molecule has 1 fully saturated rings. The summed E-state index contributed by atoms with van der Waals surface area (Å²) in [7, 11) is 1.96. The van der Waals surface area contributed by atoms with E-state index in [9.17, 15) is 4.79 Å². The highest BCUT2D eigenvalue weighted by atomic mass is 35.5. The number of hydrogen-bond donors (Lipinski definition) is 1. The third-order valence-electron chi connectivity index (χ3n) is 3.55. The maximum Gasteiger partial charge on any atom is 0.237 e. The Morgan fingerprint density at radius 3 is 2.91 bits per heavy atom. The van der Waals surface area contributed by atoms with E-state index >= 15 is 0 Å². The lowest BCUT2D eigenvalue weighted by molar-refractivity contribution is -0.115. The van der Waals surface area contributed by atoms with Crippen LogP contribution >= 0.6 is 23.4 Å². The molecule has 5 nitrogen and oxygen atoms in total. The summed E-state index contributed by atoms with van der Waals surface area (Å²) in [6.07, 6.45) is 2.36. The summed E-state index contributed by atoms with van der Waals surface area (Å²) in [6, 6.07) is 7.12. The van der Waals surface area contributed by atoms with Gasteiger partial charge in [0.1, 0.15) is 5.82 Å². The number of carbonyl (C=O) groups is 1. The van der Waals surface area contributed by atoms with Crippen LogP contribution < -0.4 is 5.32 Å². The zero-order valence-corrected chi connectivity index (χ0v) is 14.0. The van der Waals surface area contributed by atoms with Gasteiger partial charge >= 0.3 is 0 Å². The number of halogens is 1. The fourth-order valence-corrected chi connectivity index (χ4v) is 3.16. The lowest BCUT2D eigenvalue weighted by Crippen LogP contribution is -2.22. The molecule has 1 aliphatic rings. The fraction of sp³-hybridized carbons (Fsp3) is 0.400. The van der Waals surface area contributed by atoms with Crippen LogP contribution in [0.1, 0.15) is 31.5 Å². The number of hydrogen-bond acceptors (Lipinski definition) is 4. The van der Waals surface area contributed by atoms with Crippen molar-refractivity contribution in [2.75, 3.05) is 5.32 Å². The summed E-state index contributed by atoms with van der Waals surface area (Å²) in [5.74, 6) is 1.48. The van der Waals surface area contributed by atoms with E-state index in [2.05, 4.69) is 15.5 Å². The number of anilines is 1. The topological polar surface area (TPSA) is 59.8 Å². The number of nitrogens with zero attached hydrogens (tertiary/aromatic N) is 3. The molecule has 1 amide bonds. The van der Waals surface area contributed by atoms with E-state index in [1.165, 1.54) is 24.6 Å². The van der Waals surface area contributed by atoms with Gasteiger partial charge in [0.2, 0.25) is 5.91 Å². The Bertz CT molecular complexity index is 699. The van der Waals surface area contributed by atoms with E-state index in [0.717, 1.165) is 11.0 Å². The van der Waals surface area contributed by atoms with Gasteiger partial charge in [-0.1, -0.05) is 29.4 Å². The van der Waals surface area contributed by atoms with Gasteiger partial charge in [-0.25, -0.2) is 0 Å². The minimum Gasteiger partial charge on any atom is -0.325 e. The largest absolute Gasteiger partial charge is 0.325 e. The molecule has 116 valence electrons. The van der Waals surface area contributed by atoms with Crippen molar-refractivity contribution in [1.29, 1.82) is 0 Å². The first-order valence-corrected chi connectivity index (χ1v) is 8.42. The van der Waals surface area contributed by atoms with Gasteiger partial charge in [0.05, 0.1) is 5.25 Å². The van der Waals surface area contributed by atoms with Crippen LogP contribution in [0.2, 0.25) is 5.02 Å². The van der Waals surface area contributed by atoms with E-state index in [1.54, 1.807) is 18.2 Å². The number of thioether (sulfide) groups is 1. The van der Waals surface area contributed by atoms with E-state index < -0.39 is 0 Å². The Balaban J connectivity index is 1.63. The molecule has 2 aromatic rings. The van der Waals surface area contributed by atoms with Crippen LogP contribution in [0.15, 0.2) is 29.4 Å². The number of aromatic nitrogens is 3. The van der Waals surface area contributed by atoms with Crippen molar-refractivity contribution in [3.05, 3.63) is 35.1 Å². The molecule has 1 aromatic heterocycles. The standard InChI is InChI=1S/C15H17ClN4OS/c1-9(14(21)17-12-5-3-4-11(16)8-12)22-15-19-18-13(20(15)2)10-6-7-10/h3-5,8-10H,6-7H2,1-2H3,(H,17,21)/t9-/m0/s1. The van der Waals surface area contributed by atoms with Gasteiger partial charge in [-0.3, -0.25) is 4.79 Å². The Morgan fingerprint density at radius 2 is 2.23 bits per heavy atom. The molecule has 1 heterocycles. The molecule has 1 N–H and O–H groups in total. The SMILES string of the molecule is C[C@H](Sc1nnc(C2CC2)n1C)C(=O)Nc1cccc(Cl)c1. The molecule has 0 saturated heterocycles. The smallest absolute Gasteiger partial charge is 0.237 e. The van der Waals surface area contributed by atoms with Gasteiger partial charge in [0.25, 0.3) is 0 Å². The minimum absolute atomic E-state index is 0.0803. The summed E-state index contributed by atoms with van der Waals surface area (Å²) in [5.41, 5.74) is 0.696. The first-order chi connectivity index (χ1) is 10.5. The molecule has 0 radical (unpaired) electrons. The molecule has 3 rings (SSSR count). The first-order valence-electron chi connectivity index (χ1n) is 7.17. The van der Waals surface area contributed by atoms with Crippen LogP contribution in [0.5, 0.6) is 0 Å². The average molecular weight is 337 g/mol. The molecule has 1 aromatic carbocycles. The van der Waals surface area contributed by atoms with E-state index in [-0.39, 0.29) is 11.2 Å². The molecule has 0 bridgehead atoms. The second-order valence-electron chi connectivity index (χ2n) is 5.43. The van der Waals surface area contributed by atoms with Crippen molar-refractivity contribution in [2.24, 2.45) is 7.05 Å². The Hall–Kier alpha value is -1.53. The molecule has 7 heteroatoms. The molecule has 0 aliphatic heterocycles. The number of nitrogens with one attached hydrogen (secondary N) is 1. The minimum atomic E-state index is -0.270. The van der Waals surface area contributed by atoms with Crippen LogP contribution in [0, 0.1) is 0 Å². The summed E-state index contributed by atoms with van der Waals surface area (Å²) in [6.45, 7) is 1.86. The molecule has 22 heavy (non-hydrogen) atoms. The zero-order valence-electron chi connectivity index (χ0n) is 12.4. The highest BCUT2D eigenvalue weighted by Crippen LogP contribution is 2.39. The molecule has 0 unspecified atom stereocenters. The zero-order chi connectivity index (χ0) is 15.7. The van der Waals surface area contributed by atoms with Gasteiger partial charge in [0.15, 0.2) is 5.16 Å². The second kappa shape index (κ2) is 6.30. The van der Waals surface area contributed by atoms with Crippen LogP contribution in [0.3, 0.4) is 0 Å². The van der Waals surface area contributed by atoms with Crippen molar-refractivity contribution in [1.82, 2.24) is 14.8 Å². The van der Waals surface area contributed by atoms with Gasteiger partial charge in [-0.05, 0) is 38.0 Å². The van der Waals surface area contributed by atoms with Gasteiger partial charge in [-0.2, -0.15) is 0 Å². The highest BCUT2D eigenvalue weighted by molar-refractivity contribution is 8.00. The third kappa shape index (κ3) is 3.44. The van der Waals surface area contributed by atoms with Crippen molar-refractivity contribution < 1.29 is 4.79 Å². The van der Waals surface area contributed by atoms with E-state index in [1.807, 2.05) is 24.6 Å². The van der Waals surface area contributed by atoms with E-state index in [4.69, 9.17) is 11.6 Å². The molecule has 1 saturated carbocycles. The van der Waals surface area contributed by atoms with Crippen molar-refractivity contribution in [2.45, 2.75) is 36.1 Å². The number of carbonyl (C=O) groups excluding carboxylic acids is 1. The Morgan fingerprint density at radius 1 is 1.45 bits per heavy atom. The number of amides is 1. The quantitative estimate of drug-likeness (QED) is 0.849. The lowest BCUT2D eigenvalue weighted by atomic mass is 10.3. The summed E-state index contributed by atoms with van der Waals surface area (Å²) in [4.78, 5) is 12.3. The normalized spacial score (nSPS) is 15.6. The van der Waals surface area contributed by atoms with Crippen LogP contribution in [0.25, 0.3) is 0 Å². The molecule has 1 atom stereocenters. The van der Waals surface area contributed by atoms with Crippen molar-refractivity contribution >= 4 is 35.0 Å². The monoisotopic (exact) mass is 336 g/mol. The van der Waals surface area contributed by atoms with E-state index in [0.29, 0.717) is 16.6 Å². The maximum atomic E-state index is 12.3. The van der Waals surface area contributed by atoms with Crippen molar-refractivity contribution in [3.8, 4) is 0 Å². The predicted molar refractivity (Wildman–Crippen MR) is 88.4 cm³/mol. The molecule has 0 spiro atoms. The first kappa shape index (κ1) is 15.4. The molecule has 1 aliphatic carbocycles. The summed E-state index contributed by atoms with van der Waals surface area (Å²) >= 11 is 7.33. The van der Waals surface area contributed by atoms with Crippen LogP contribution in [-0.2, 0) is 11.8 Å². The highest BCUT2D eigenvalue weighted by Gasteiger charge is 2.30. The lowest BCUT2D eigenvalue weighted by Gasteiger charge is -2.11. The van der Waals surface area contributed by atoms with Crippen molar-refractivity contribution in [3.63, 3.8) is 0 Å². The second-order valence-corrected chi connectivity index (χ2v) is 7.18. The molecular formula is C15H17ClN4OS. The van der Waals surface area contributed by atoms with Gasteiger partial charge < -0.3 is 9.88 Å². The summed E-state index contributed by atoms with van der Waals surface area (Å²) < 4.78 is 1.99. The number of rotatable bonds is 5. The average Bonchev–Trinajstić information content (AvgIpc) is 3.25. The Kier molecular flexibility index (Phi) is 4.40. The van der Waals surface area contributed by atoms with Gasteiger partial charge in [0, 0.05) is 23.7 Å². The fourth-order valence-electron chi connectivity index (χ4n) is 2.15. The summed E-state index contributed by atoms with van der Waals surface area (Å²) in [5, 5.41) is 12.4.